The number of nitrogen functional groups attached to an aromatic ring is 1. The topological polar surface area (TPSA) is 111 Å². The van der Waals surface area contributed by atoms with Gasteiger partial charge in [0.1, 0.15) is 6.33 Å². The first-order valence-electron chi connectivity index (χ1n) is 5.71. The van der Waals surface area contributed by atoms with Crippen molar-refractivity contribution in [1.82, 2.24) is 14.9 Å². The second-order valence-corrected chi connectivity index (χ2v) is 4.88. The monoisotopic (exact) mass is 388 g/mol. The van der Waals surface area contributed by atoms with Crippen molar-refractivity contribution in [2.45, 2.75) is 6.92 Å². The Morgan fingerprint density at radius 1 is 1.60 bits per heavy atom. The zero-order chi connectivity index (χ0) is 14.5. The smallest absolute Gasteiger partial charge is 0.263 e. The lowest BCUT2D eigenvalue weighted by molar-refractivity contribution is 0.317. The van der Waals surface area contributed by atoms with Crippen LogP contribution < -0.4 is 16.0 Å². The van der Waals surface area contributed by atoms with Crippen molar-refractivity contribution in [2.75, 3.05) is 17.9 Å². The molecule has 0 amide bonds. The molecular formula is C11H13IN6O2. The van der Waals surface area contributed by atoms with E-state index >= 15 is 0 Å². The number of aromatic nitrogens is 3. The highest BCUT2D eigenvalue weighted by atomic mass is 127. The number of phenolic OH excluding ortho intramolecular Hbond substituents is 1. The van der Waals surface area contributed by atoms with E-state index in [0.717, 1.165) is 5.56 Å². The molecule has 0 aliphatic rings. The van der Waals surface area contributed by atoms with Crippen LogP contribution in [0.3, 0.4) is 0 Å². The maximum absolute atomic E-state index is 9.83. The standard InChI is InChI=1S/C11H13IN6O2/c1-2-20-9-4-7(3-8(12)10(9)19)5-14-16-11-17-15-6-18(11)13/h3-6,19H,2,13H2,1H3,(H,16,17). The second kappa shape index (κ2) is 6.41. The first-order valence-corrected chi connectivity index (χ1v) is 6.79. The third kappa shape index (κ3) is 3.29. The van der Waals surface area contributed by atoms with E-state index in [2.05, 4.69) is 20.7 Å². The fourth-order valence-electron chi connectivity index (χ4n) is 1.42. The lowest BCUT2D eigenvalue weighted by Gasteiger charge is -2.08. The van der Waals surface area contributed by atoms with Crippen molar-refractivity contribution < 1.29 is 9.84 Å². The van der Waals surface area contributed by atoms with Gasteiger partial charge in [0.15, 0.2) is 11.5 Å². The Hall–Kier alpha value is -2.04. The van der Waals surface area contributed by atoms with Crippen LogP contribution in [-0.4, -0.2) is 32.8 Å². The third-order valence-electron chi connectivity index (χ3n) is 2.30. The van der Waals surface area contributed by atoms with Crippen molar-refractivity contribution in [3.05, 3.63) is 27.6 Å². The lowest BCUT2D eigenvalue weighted by Crippen LogP contribution is -2.10. The minimum Gasteiger partial charge on any atom is -0.504 e. The summed E-state index contributed by atoms with van der Waals surface area (Å²) in [4.78, 5) is 0. The van der Waals surface area contributed by atoms with Gasteiger partial charge in [-0.3, -0.25) is 0 Å². The van der Waals surface area contributed by atoms with Gasteiger partial charge in [-0.15, -0.1) is 10.2 Å². The largest absolute Gasteiger partial charge is 0.504 e. The molecule has 0 fully saturated rings. The Bertz CT molecular complexity index is 627. The highest BCUT2D eigenvalue weighted by molar-refractivity contribution is 14.1. The fourth-order valence-corrected chi connectivity index (χ4v) is 2.05. The fraction of sp³-hybridized carbons (Fsp3) is 0.182. The molecule has 0 spiro atoms. The summed E-state index contributed by atoms with van der Waals surface area (Å²) in [6.07, 6.45) is 2.92. The molecule has 1 aromatic heterocycles. The number of nitrogens with two attached hydrogens (primary N) is 1. The molecule has 0 aliphatic carbocycles. The summed E-state index contributed by atoms with van der Waals surface area (Å²) in [7, 11) is 0. The Balaban J connectivity index is 2.15. The molecule has 4 N–H and O–H groups in total. The highest BCUT2D eigenvalue weighted by Gasteiger charge is 2.08. The van der Waals surface area contributed by atoms with E-state index in [1.165, 1.54) is 11.0 Å². The van der Waals surface area contributed by atoms with Crippen molar-refractivity contribution in [3.8, 4) is 11.5 Å². The number of anilines is 1. The number of ether oxygens (including phenoxy) is 1. The zero-order valence-corrected chi connectivity index (χ0v) is 12.8. The summed E-state index contributed by atoms with van der Waals surface area (Å²) in [5.74, 6) is 6.39. The van der Waals surface area contributed by atoms with Crippen LogP contribution in [0.4, 0.5) is 5.95 Å². The first-order chi connectivity index (χ1) is 9.61. The molecule has 0 saturated carbocycles. The minimum atomic E-state index is 0.124. The van der Waals surface area contributed by atoms with Crippen molar-refractivity contribution in [2.24, 2.45) is 5.10 Å². The number of nitrogens with one attached hydrogen (secondary N) is 1. The number of hydrogen-bond donors (Lipinski definition) is 3. The number of aromatic hydroxyl groups is 1. The molecule has 1 heterocycles. The van der Waals surface area contributed by atoms with Gasteiger partial charge in [-0.05, 0) is 47.2 Å². The quantitative estimate of drug-likeness (QED) is 0.307. The SMILES string of the molecule is CCOc1cc(C=NNc2nncn2N)cc(I)c1O. The second-order valence-electron chi connectivity index (χ2n) is 3.71. The molecule has 8 nitrogen and oxygen atoms in total. The average Bonchev–Trinajstić information content (AvgIpc) is 2.81. The number of phenols is 1. The molecule has 0 saturated heterocycles. The van der Waals surface area contributed by atoms with Crippen LogP contribution in [0.1, 0.15) is 12.5 Å². The van der Waals surface area contributed by atoms with E-state index in [9.17, 15) is 5.11 Å². The van der Waals surface area contributed by atoms with Gasteiger partial charge in [-0.2, -0.15) is 5.10 Å². The van der Waals surface area contributed by atoms with Gasteiger partial charge in [0.25, 0.3) is 5.95 Å². The molecule has 0 radical (unpaired) electrons. The minimum absolute atomic E-state index is 0.124. The van der Waals surface area contributed by atoms with E-state index in [1.807, 2.05) is 29.5 Å². The van der Waals surface area contributed by atoms with Crippen LogP contribution in [0, 0.1) is 3.57 Å². The summed E-state index contributed by atoms with van der Waals surface area (Å²) >= 11 is 2.02. The van der Waals surface area contributed by atoms with Gasteiger partial charge < -0.3 is 15.7 Å². The summed E-state index contributed by atoms with van der Waals surface area (Å²) < 4.78 is 7.24. The molecule has 2 aromatic rings. The lowest BCUT2D eigenvalue weighted by atomic mass is 10.2. The van der Waals surface area contributed by atoms with Gasteiger partial charge >= 0.3 is 0 Å². The van der Waals surface area contributed by atoms with Crippen LogP contribution in [0.15, 0.2) is 23.6 Å². The van der Waals surface area contributed by atoms with E-state index in [0.29, 0.717) is 21.9 Å². The summed E-state index contributed by atoms with van der Waals surface area (Å²) in [6, 6.07) is 3.47. The molecule has 20 heavy (non-hydrogen) atoms. The van der Waals surface area contributed by atoms with Gasteiger partial charge in [0, 0.05) is 0 Å². The van der Waals surface area contributed by atoms with Crippen molar-refractivity contribution >= 4 is 34.8 Å². The van der Waals surface area contributed by atoms with E-state index < -0.39 is 0 Å². The molecular weight excluding hydrogens is 375 g/mol. The Morgan fingerprint density at radius 2 is 2.40 bits per heavy atom. The number of nitrogens with zero attached hydrogens (tertiary/aromatic N) is 4. The van der Waals surface area contributed by atoms with Crippen molar-refractivity contribution in [1.29, 1.82) is 0 Å². The molecule has 1 aromatic carbocycles. The molecule has 0 atom stereocenters. The first kappa shape index (κ1) is 14.4. The van der Waals surface area contributed by atoms with Crippen LogP contribution in [0.2, 0.25) is 0 Å². The van der Waals surface area contributed by atoms with Gasteiger partial charge in [0.05, 0.1) is 16.4 Å². The normalized spacial score (nSPS) is 10.9. The molecule has 0 unspecified atom stereocenters. The van der Waals surface area contributed by atoms with Crippen LogP contribution in [-0.2, 0) is 0 Å². The number of hydrazone groups is 1. The Morgan fingerprint density at radius 3 is 3.05 bits per heavy atom. The van der Waals surface area contributed by atoms with Crippen LogP contribution in [0.5, 0.6) is 11.5 Å². The van der Waals surface area contributed by atoms with Gasteiger partial charge in [-0.25, -0.2) is 10.1 Å². The number of halogens is 1. The predicted molar refractivity (Wildman–Crippen MR) is 83.4 cm³/mol. The maximum atomic E-state index is 9.83. The molecule has 106 valence electrons. The maximum Gasteiger partial charge on any atom is 0.263 e. The van der Waals surface area contributed by atoms with E-state index in [4.69, 9.17) is 10.6 Å². The molecule has 0 aliphatic heterocycles. The number of rotatable bonds is 5. The van der Waals surface area contributed by atoms with Crippen LogP contribution >= 0.6 is 22.6 Å². The number of hydrogen-bond acceptors (Lipinski definition) is 7. The van der Waals surface area contributed by atoms with Gasteiger partial charge in [0.2, 0.25) is 0 Å². The van der Waals surface area contributed by atoms with Crippen molar-refractivity contribution in [3.63, 3.8) is 0 Å². The molecule has 0 bridgehead atoms. The highest BCUT2D eigenvalue weighted by Crippen LogP contribution is 2.32. The molecule has 9 heteroatoms. The summed E-state index contributed by atoms with van der Waals surface area (Å²) in [5.41, 5.74) is 3.42. The van der Waals surface area contributed by atoms with Crippen LogP contribution in [0.25, 0.3) is 0 Å². The Labute approximate surface area is 128 Å². The zero-order valence-electron chi connectivity index (χ0n) is 10.6. The predicted octanol–water partition coefficient (Wildman–Crippen LogP) is 1.15. The molecule has 2 rings (SSSR count). The number of benzene rings is 1. The van der Waals surface area contributed by atoms with Gasteiger partial charge in [-0.1, -0.05) is 0 Å². The van der Waals surface area contributed by atoms with E-state index in [1.54, 1.807) is 18.3 Å². The third-order valence-corrected chi connectivity index (χ3v) is 3.12. The summed E-state index contributed by atoms with van der Waals surface area (Å²) in [6.45, 7) is 2.32. The average molecular weight is 388 g/mol. The Kier molecular flexibility index (Phi) is 4.61. The van der Waals surface area contributed by atoms with E-state index in [-0.39, 0.29) is 5.75 Å². The summed E-state index contributed by atoms with van der Waals surface area (Å²) in [5, 5.41) is 21.2.